The molecule has 0 amide bonds. The largest absolute Gasteiger partial charge is 0.508 e. The molecule has 5 heteroatoms. The predicted molar refractivity (Wildman–Crippen MR) is 86.5 cm³/mol. The van der Waals surface area contributed by atoms with Gasteiger partial charge in [0.05, 0.1) is 6.10 Å². The number of phenols is 2. The van der Waals surface area contributed by atoms with E-state index in [1.165, 1.54) is 6.07 Å². The van der Waals surface area contributed by atoms with Crippen molar-refractivity contribution in [2.75, 3.05) is 0 Å². The molecule has 0 saturated heterocycles. The van der Waals surface area contributed by atoms with Crippen LogP contribution in [0.1, 0.15) is 42.1 Å². The molecule has 0 aromatic heterocycles. The lowest BCUT2D eigenvalue weighted by Gasteiger charge is -2.16. The molecular formula is C18H22O5. The van der Waals surface area contributed by atoms with Crippen LogP contribution in [-0.2, 0) is 11.2 Å². The van der Waals surface area contributed by atoms with Crippen molar-refractivity contribution in [1.29, 1.82) is 0 Å². The van der Waals surface area contributed by atoms with Gasteiger partial charge in [0.15, 0.2) is 0 Å². The summed E-state index contributed by atoms with van der Waals surface area (Å²) in [6, 6.07) is 2.46. The number of carbonyl (C=O) groups is 1. The molecule has 1 aliphatic heterocycles. The Balaban J connectivity index is 2.38. The van der Waals surface area contributed by atoms with Gasteiger partial charge in [0.1, 0.15) is 23.2 Å². The lowest BCUT2D eigenvalue weighted by atomic mass is 9.99. The number of aromatic hydroxyl groups is 2. The summed E-state index contributed by atoms with van der Waals surface area (Å²) in [4.78, 5) is 12.3. The Bertz CT molecular complexity index is 618. The van der Waals surface area contributed by atoms with Crippen molar-refractivity contribution in [2.24, 2.45) is 0 Å². The molecule has 1 aliphatic rings. The fourth-order valence-corrected chi connectivity index (χ4v) is 2.50. The van der Waals surface area contributed by atoms with Crippen LogP contribution in [0, 0.1) is 0 Å². The second-order valence-corrected chi connectivity index (χ2v) is 5.70. The number of phenolic OH excluding ortho intramolecular Hbond substituents is 2. The summed E-state index contributed by atoms with van der Waals surface area (Å²) in [5, 5.41) is 29.7. The zero-order valence-electron chi connectivity index (χ0n) is 13.1. The third-order valence-electron chi connectivity index (χ3n) is 3.62. The third-order valence-corrected chi connectivity index (χ3v) is 3.62. The van der Waals surface area contributed by atoms with Crippen LogP contribution in [0.2, 0.25) is 0 Å². The van der Waals surface area contributed by atoms with Crippen LogP contribution < -0.4 is 0 Å². The number of aliphatic hydroxyl groups excluding tert-OH is 1. The highest BCUT2D eigenvalue weighted by Gasteiger charge is 2.22. The second-order valence-electron chi connectivity index (χ2n) is 5.70. The van der Waals surface area contributed by atoms with E-state index < -0.39 is 12.1 Å². The van der Waals surface area contributed by atoms with Crippen LogP contribution >= 0.6 is 0 Å². The molecule has 1 aromatic rings. The Morgan fingerprint density at radius 3 is 2.65 bits per heavy atom. The first-order valence-corrected chi connectivity index (χ1v) is 7.73. The Labute approximate surface area is 135 Å². The summed E-state index contributed by atoms with van der Waals surface area (Å²) in [6.07, 6.45) is 8.70. The van der Waals surface area contributed by atoms with Crippen LogP contribution in [0.5, 0.6) is 11.5 Å². The summed E-state index contributed by atoms with van der Waals surface area (Å²) < 4.78 is 5.35. The first kappa shape index (κ1) is 17.1. The minimum atomic E-state index is -0.813. The number of aliphatic hydroxyl groups is 1. The summed E-state index contributed by atoms with van der Waals surface area (Å²) in [5.74, 6) is -1.18. The molecule has 0 saturated carbocycles. The number of esters is 1. The minimum absolute atomic E-state index is 0.0110. The van der Waals surface area contributed by atoms with Crippen molar-refractivity contribution in [3.8, 4) is 11.5 Å². The zero-order valence-corrected chi connectivity index (χ0v) is 13.1. The minimum Gasteiger partial charge on any atom is -0.508 e. The van der Waals surface area contributed by atoms with Crippen molar-refractivity contribution >= 4 is 5.97 Å². The number of carbonyl (C=O) groups excluding carboxylic acids is 1. The zero-order chi connectivity index (χ0) is 16.8. The first-order valence-electron chi connectivity index (χ1n) is 7.73. The van der Waals surface area contributed by atoms with Crippen molar-refractivity contribution < 1.29 is 24.9 Å². The standard InChI is InChI=1S/C18H22O5/c1-12-7-5-3-2-4-6-8-14(19)9-13-10-15(20)11-16(21)17(13)18(22)23-12/h3,5-6,8,10-12,14,19-21H,2,4,7,9H2,1H3/b5-3+,8-6+/t12?,14-/m0/s1. The van der Waals surface area contributed by atoms with E-state index in [0.29, 0.717) is 12.0 Å². The molecule has 3 N–H and O–H groups in total. The quantitative estimate of drug-likeness (QED) is 0.506. The topological polar surface area (TPSA) is 87.0 Å². The van der Waals surface area contributed by atoms with Crippen molar-refractivity contribution in [3.63, 3.8) is 0 Å². The Hall–Kier alpha value is -2.27. The molecule has 2 atom stereocenters. The summed E-state index contributed by atoms with van der Waals surface area (Å²) >= 11 is 0. The highest BCUT2D eigenvalue weighted by atomic mass is 16.5. The van der Waals surface area contributed by atoms with Gasteiger partial charge in [-0.05, 0) is 31.4 Å². The van der Waals surface area contributed by atoms with Gasteiger partial charge in [-0.2, -0.15) is 0 Å². The first-order chi connectivity index (χ1) is 11.0. The molecule has 1 heterocycles. The number of rotatable bonds is 0. The summed E-state index contributed by atoms with van der Waals surface area (Å²) in [6.45, 7) is 1.78. The molecule has 0 spiro atoms. The molecule has 0 bridgehead atoms. The van der Waals surface area contributed by atoms with E-state index in [9.17, 15) is 20.1 Å². The predicted octanol–water partition coefficient (Wildman–Crippen LogP) is 2.84. The second kappa shape index (κ2) is 7.83. The molecule has 0 fully saturated rings. The monoisotopic (exact) mass is 318 g/mol. The van der Waals surface area contributed by atoms with Gasteiger partial charge in [0.2, 0.25) is 0 Å². The van der Waals surface area contributed by atoms with Gasteiger partial charge < -0.3 is 20.1 Å². The van der Waals surface area contributed by atoms with Crippen LogP contribution in [-0.4, -0.2) is 33.5 Å². The summed E-state index contributed by atoms with van der Waals surface area (Å²) in [7, 11) is 0. The van der Waals surface area contributed by atoms with E-state index in [1.807, 2.05) is 18.2 Å². The SMILES string of the molecule is CC1C/C=C/CC/C=C/[C@H](O)Cc2cc(O)cc(O)c2C(=O)O1. The number of ether oxygens (including phenoxy) is 1. The lowest BCUT2D eigenvalue weighted by molar-refractivity contribution is 0.0343. The van der Waals surface area contributed by atoms with Gasteiger partial charge in [-0.15, -0.1) is 0 Å². The van der Waals surface area contributed by atoms with Gasteiger partial charge in [0.25, 0.3) is 0 Å². The van der Waals surface area contributed by atoms with Gasteiger partial charge in [-0.1, -0.05) is 24.3 Å². The normalized spacial score (nSPS) is 25.7. The number of cyclic esters (lactones) is 1. The van der Waals surface area contributed by atoms with E-state index in [2.05, 4.69) is 0 Å². The molecule has 23 heavy (non-hydrogen) atoms. The van der Waals surface area contributed by atoms with Crippen molar-refractivity contribution in [1.82, 2.24) is 0 Å². The van der Waals surface area contributed by atoms with Crippen LogP contribution in [0.3, 0.4) is 0 Å². The molecule has 5 nitrogen and oxygen atoms in total. The number of allylic oxidation sites excluding steroid dienone is 2. The number of fused-ring (bicyclic) bond motifs is 1. The third kappa shape index (κ3) is 4.86. The van der Waals surface area contributed by atoms with E-state index in [0.717, 1.165) is 18.9 Å². The highest BCUT2D eigenvalue weighted by molar-refractivity contribution is 5.94. The number of hydrogen-bond acceptors (Lipinski definition) is 5. The van der Waals surface area contributed by atoms with Crippen LogP contribution in [0.25, 0.3) is 0 Å². The average Bonchev–Trinajstić information content (AvgIpc) is 2.44. The van der Waals surface area contributed by atoms with Gasteiger partial charge in [-0.3, -0.25) is 0 Å². The Morgan fingerprint density at radius 2 is 1.87 bits per heavy atom. The Morgan fingerprint density at radius 1 is 1.13 bits per heavy atom. The maximum absolute atomic E-state index is 12.3. The van der Waals surface area contributed by atoms with Gasteiger partial charge >= 0.3 is 5.97 Å². The van der Waals surface area contributed by atoms with Gasteiger partial charge in [-0.25, -0.2) is 4.79 Å². The fraction of sp³-hybridized carbons (Fsp3) is 0.389. The highest BCUT2D eigenvalue weighted by Crippen LogP contribution is 2.29. The molecule has 0 radical (unpaired) electrons. The number of benzene rings is 1. The Kier molecular flexibility index (Phi) is 5.82. The van der Waals surface area contributed by atoms with Crippen molar-refractivity contribution in [2.45, 2.75) is 44.8 Å². The fourth-order valence-electron chi connectivity index (χ4n) is 2.50. The smallest absolute Gasteiger partial charge is 0.342 e. The molecular weight excluding hydrogens is 296 g/mol. The van der Waals surface area contributed by atoms with E-state index in [1.54, 1.807) is 13.0 Å². The average molecular weight is 318 g/mol. The van der Waals surface area contributed by atoms with Crippen LogP contribution in [0.4, 0.5) is 0 Å². The molecule has 0 aliphatic carbocycles. The molecule has 1 aromatic carbocycles. The van der Waals surface area contributed by atoms with Gasteiger partial charge in [0, 0.05) is 18.9 Å². The van der Waals surface area contributed by atoms with E-state index in [-0.39, 0.29) is 29.6 Å². The molecule has 124 valence electrons. The maximum Gasteiger partial charge on any atom is 0.342 e. The lowest BCUT2D eigenvalue weighted by Crippen LogP contribution is -2.18. The van der Waals surface area contributed by atoms with E-state index >= 15 is 0 Å². The van der Waals surface area contributed by atoms with Crippen LogP contribution in [0.15, 0.2) is 36.4 Å². The number of hydrogen-bond donors (Lipinski definition) is 3. The molecule has 2 rings (SSSR count). The maximum atomic E-state index is 12.3. The van der Waals surface area contributed by atoms with E-state index in [4.69, 9.17) is 4.74 Å². The van der Waals surface area contributed by atoms with Crippen molar-refractivity contribution in [3.05, 3.63) is 47.6 Å². The summed E-state index contributed by atoms with van der Waals surface area (Å²) in [5.41, 5.74) is 0.340. The molecule has 1 unspecified atom stereocenters.